The number of aromatic nitrogens is 2. The fourth-order valence-electron chi connectivity index (χ4n) is 1.10. The van der Waals surface area contributed by atoms with Crippen molar-refractivity contribution in [2.75, 3.05) is 13.7 Å². The van der Waals surface area contributed by atoms with Crippen LogP contribution in [0.3, 0.4) is 0 Å². The Labute approximate surface area is 88.3 Å². The molecule has 0 saturated carbocycles. The number of methoxy groups -OCH3 is 1. The highest BCUT2D eigenvalue weighted by molar-refractivity contribution is 5.91. The average Bonchev–Trinajstić information content (AvgIpc) is 2.59. The SMILES string of the molecule is CCO/C=C\c1cn(C)nc1C(=O)OC. The normalized spacial score (nSPS) is 10.6. The Kier molecular flexibility index (Phi) is 3.91. The summed E-state index contributed by atoms with van der Waals surface area (Å²) in [5, 5.41) is 4.00. The van der Waals surface area contributed by atoms with Crippen LogP contribution >= 0.6 is 0 Å². The van der Waals surface area contributed by atoms with E-state index in [9.17, 15) is 4.79 Å². The highest BCUT2D eigenvalue weighted by Gasteiger charge is 2.14. The van der Waals surface area contributed by atoms with Crippen LogP contribution in [0.2, 0.25) is 0 Å². The van der Waals surface area contributed by atoms with Crippen molar-refractivity contribution in [1.29, 1.82) is 0 Å². The molecule has 0 atom stereocenters. The first-order valence-electron chi connectivity index (χ1n) is 4.59. The van der Waals surface area contributed by atoms with E-state index in [1.807, 2.05) is 6.92 Å². The maximum Gasteiger partial charge on any atom is 0.359 e. The van der Waals surface area contributed by atoms with Crippen molar-refractivity contribution < 1.29 is 14.3 Å². The summed E-state index contributed by atoms with van der Waals surface area (Å²) in [5.41, 5.74) is 0.966. The van der Waals surface area contributed by atoms with E-state index in [0.717, 1.165) is 0 Å². The van der Waals surface area contributed by atoms with Crippen molar-refractivity contribution in [3.63, 3.8) is 0 Å². The number of carbonyl (C=O) groups is 1. The molecule has 82 valence electrons. The van der Waals surface area contributed by atoms with Crippen molar-refractivity contribution in [2.24, 2.45) is 7.05 Å². The molecule has 1 rings (SSSR count). The fraction of sp³-hybridized carbons (Fsp3) is 0.400. The third-order valence-electron chi connectivity index (χ3n) is 1.75. The number of hydrogen-bond acceptors (Lipinski definition) is 4. The standard InChI is InChI=1S/C10H14N2O3/c1-4-15-6-5-8-7-12(2)11-9(8)10(13)14-3/h5-7H,4H2,1-3H3/b6-5-. The zero-order valence-electron chi connectivity index (χ0n) is 9.06. The number of esters is 1. The molecule has 5 nitrogen and oxygen atoms in total. The smallest absolute Gasteiger partial charge is 0.359 e. The van der Waals surface area contributed by atoms with Gasteiger partial charge in [0.15, 0.2) is 5.69 Å². The number of carbonyl (C=O) groups excluding carboxylic acids is 1. The molecular formula is C10H14N2O3. The quantitative estimate of drug-likeness (QED) is 0.553. The first-order valence-corrected chi connectivity index (χ1v) is 4.59. The molecule has 0 spiro atoms. The van der Waals surface area contributed by atoms with Crippen molar-refractivity contribution in [1.82, 2.24) is 9.78 Å². The first kappa shape index (κ1) is 11.3. The largest absolute Gasteiger partial charge is 0.501 e. The van der Waals surface area contributed by atoms with Gasteiger partial charge in [0, 0.05) is 18.8 Å². The van der Waals surface area contributed by atoms with E-state index in [1.165, 1.54) is 13.4 Å². The summed E-state index contributed by atoms with van der Waals surface area (Å²) in [7, 11) is 3.07. The van der Waals surface area contributed by atoms with Gasteiger partial charge in [-0.15, -0.1) is 0 Å². The molecule has 0 N–H and O–H groups in total. The van der Waals surface area contributed by atoms with Crippen LogP contribution in [-0.2, 0) is 16.5 Å². The third kappa shape index (κ3) is 2.83. The summed E-state index contributed by atoms with van der Waals surface area (Å²) in [4.78, 5) is 11.3. The van der Waals surface area contributed by atoms with E-state index in [4.69, 9.17) is 4.74 Å². The lowest BCUT2D eigenvalue weighted by atomic mass is 10.2. The van der Waals surface area contributed by atoms with Gasteiger partial charge in [-0.3, -0.25) is 4.68 Å². The molecule has 0 aliphatic rings. The minimum Gasteiger partial charge on any atom is -0.501 e. The maximum absolute atomic E-state index is 11.3. The Morgan fingerprint density at radius 1 is 1.67 bits per heavy atom. The zero-order chi connectivity index (χ0) is 11.3. The van der Waals surface area contributed by atoms with Crippen molar-refractivity contribution in [3.8, 4) is 0 Å². The molecule has 0 saturated heterocycles. The summed E-state index contributed by atoms with van der Waals surface area (Å²) in [6.07, 6.45) is 4.94. The molecule has 0 aromatic carbocycles. The van der Waals surface area contributed by atoms with Gasteiger partial charge in [-0.05, 0) is 13.0 Å². The molecule has 5 heteroatoms. The second-order valence-corrected chi connectivity index (χ2v) is 2.86. The van der Waals surface area contributed by atoms with Gasteiger partial charge in [-0.1, -0.05) is 0 Å². The van der Waals surface area contributed by atoms with E-state index in [2.05, 4.69) is 9.84 Å². The molecule has 0 fully saturated rings. The molecule has 1 aromatic heterocycles. The molecular weight excluding hydrogens is 196 g/mol. The highest BCUT2D eigenvalue weighted by atomic mass is 16.5. The van der Waals surface area contributed by atoms with Gasteiger partial charge in [-0.25, -0.2) is 4.79 Å². The van der Waals surface area contributed by atoms with Crippen LogP contribution in [0.1, 0.15) is 23.0 Å². The van der Waals surface area contributed by atoms with Gasteiger partial charge in [0.2, 0.25) is 0 Å². The van der Waals surface area contributed by atoms with E-state index in [0.29, 0.717) is 12.2 Å². The van der Waals surface area contributed by atoms with E-state index in [1.54, 1.807) is 24.0 Å². The van der Waals surface area contributed by atoms with E-state index < -0.39 is 5.97 Å². The molecule has 0 aliphatic carbocycles. The average molecular weight is 210 g/mol. The Balaban J connectivity index is 2.91. The van der Waals surface area contributed by atoms with Crippen molar-refractivity contribution in [2.45, 2.75) is 6.92 Å². The van der Waals surface area contributed by atoms with Crippen LogP contribution in [0.4, 0.5) is 0 Å². The fourth-order valence-corrected chi connectivity index (χ4v) is 1.10. The van der Waals surface area contributed by atoms with Gasteiger partial charge in [0.25, 0.3) is 0 Å². The first-order chi connectivity index (χ1) is 7.19. The minimum absolute atomic E-state index is 0.288. The number of hydrogen-bond donors (Lipinski definition) is 0. The van der Waals surface area contributed by atoms with Crippen LogP contribution < -0.4 is 0 Å². The van der Waals surface area contributed by atoms with Crippen molar-refractivity contribution in [3.05, 3.63) is 23.7 Å². The Bertz CT molecular complexity index is 369. The van der Waals surface area contributed by atoms with E-state index in [-0.39, 0.29) is 5.69 Å². The number of ether oxygens (including phenoxy) is 2. The summed E-state index contributed by atoms with van der Waals surface area (Å²) >= 11 is 0. The molecule has 0 aliphatic heterocycles. The lowest BCUT2D eigenvalue weighted by Crippen LogP contribution is -2.04. The molecule has 0 radical (unpaired) electrons. The molecule has 1 aromatic rings. The van der Waals surface area contributed by atoms with Gasteiger partial charge in [0.05, 0.1) is 20.0 Å². The molecule has 1 heterocycles. The lowest BCUT2D eigenvalue weighted by Gasteiger charge is -1.95. The minimum atomic E-state index is -0.452. The van der Waals surface area contributed by atoms with Crippen LogP contribution in [0, 0.1) is 0 Å². The molecule has 15 heavy (non-hydrogen) atoms. The van der Waals surface area contributed by atoms with Crippen LogP contribution in [0.5, 0.6) is 0 Å². The summed E-state index contributed by atoms with van der Waals surface area (Å²) < 4.78 is 11.2. The summed E-state index contributed by atoms with van der Waals surface area (Å²) in [5.74, 6) is -0.452. The second-order valence-electron chi connectivity index (χ2n) is 2.86. The van der Waals surface area contributed by atoms with Gasteiger partial charge in [-0.2, -0.15) is 5.10 Å². The van der Waals surface area contributed by atoms with Crippen LogP contribution in [0.15, 0.2) is 12.5 Å². The van der Waals surface area contributed by atoms with Gasteiger partial charge in [0.1, 0.15) is 0 Å². The predicted molar refractivity (Wildman–Crippen MR) is 55.2 cm³/mol. The van der Waals surface area contributed by atoms with Crippen LogP contribution in [-0.4, -0.2) is 29.5 Å². The van der Waals surface area contributed by atoms with Gasteiger partial charge < -0.3 is 9.47 Å². The zero-order valence-corrected chi connectivity index (χ0v) is 9.06. The molecule has 0 bridgehead atoms. The number of aryl methyl sites for hydroxylation is 1. The van der Waals surface area contributed by atoms with Crippen LogP contribution in [0.25, 0.3) is 6.08 Å². The number of nitrogens with zero attached hydrogens (tertiary/aromatic N) is 2. The van der Waals surface area contributed by atoms with Gasteiger partial charge >= 0.3 is 5.97 Å². The topological polar surface area (TPSA) is 53.4 Å². The molecule has 0 unspecified atom stereocenters. The number of rotatable bonds is 4. The Morgan fingerprint density at radius 3 is 3.00 bits per heavy atom. The Hall–Kier alpha value is -1.78. The molecule has 0 amide bonds. The van der Waals surface area contributed by atoms with Crippen molar-refractivity contribution >= 4 is 12.0 Å². The monoisotopic (exact) mass is 210 g/mol. The lowest BCUT2D eigenvalue weighted by molar-refractivity contribution is 0.0593. The maximum atomic E-state index is 11.3. The Morgan fingerprint density at radius 2 is 2.40 bits per heavy atom. The van der Waals surface area contributed by atoms with E-state index >= 15 is 0 Å². The summed E-state index contributed by atoms with van der Waals surface area (Å²) in [6, 6.07) is 0. The highest BCUT2D eigenvalue weighted by Crippen LogP contribution is 2.09. The summed E-state index contributed by atoms with van der Waals surface area (Å²) in [6.45, 7) is 2.47. The second kappa shape index (κ2) is 5.19. The predicted octanol–water partition coefficient (Wildman–Crippen LogP) is 1.21. The third-order valence-corrected chi connectivity index (χ3v) is 1.75.